The van der Waals surface area contributed by atoms with Gasteiger partial charge in [0.25, 0.3) is 0 Å². The van der Waals surface area contributed by atoms with E-state index in [9.17, 15) is 5.11 Å². The minimum Gasteiger partial charge on any atom is -0.492 e. The average Bonchev–Trinajstić information content (AvgIpc) is 2.78. The van der Waals surface area contributed by atoms with Gasteiger partial charge >= 0.3 is 0 Å². The van der Waals surface area contributed by atoms with E-state index in [4.69, 9.17) is 4.74 Å². The van der Waals surface area contributed by atoms with Crippen LogP contribution in [0.15, 0.2) is 36.4 Å². The molecule has 0 spiro atoms. The summed E-state index contributed by atoms with van der Waals surface area (Å²) in [5, 5.41) is 10.1. The summed E-state index contributed by atoms with van der Waals surface area (Å²) < 4.78 is 8.06. The summed E-state index contributed by atoms with van der Waals surface area (Å²) in [4.78, 5) is 0. The maximum absolute atomic E-state index is 10.1. The molecule has 3 heteroatoms. The van der Waals surface area contributed by atoms with Crippen molar-refractivity contribution >= 4 is 0 Å². The largest absolute Gasteiger partial charge is 0.492 e. The Morgan fingerprint density at radius 2 is 2.10 bits per heavy atom. The van der Waals surface area contributed by atoms with E-state index < -0.39 is 0 Å². The fraction of sp³-hybridized carbons (Fsp3) is 0.412. The molecule has 1 aromatic carbocycles. The fourth-order valence-electron chi connectivity index (χ4n) is 3.02. The number of aryl methyl sites for hydroxylation is 1. The Labute approximate surface area is 119 Å². The minimum absolute atomic E-state index is 0.284. The molecule has 0 bridgehead atoms. The van der Waals surface area contributed by atoms with Crippen LogP contribution in [-0.4, -0.2) is 16.3 Å². The number of fused-ring (bicyclic) bond motifs is 1. The van der Waals surface area contributed by atoms with E-state index in [0.717, 1.165) is 37.1 Å². The van der Waals surface area contributed by atoms with Crippen molar-refractivity contribution in [3.8, 4) is 5.75 Å². The van der Waals surface area contributed by atoms with Crippen LogP contribution in [0.5, 0.6) is 5.75 Å². The smallest absolute Gasteiger partial charge is 0.119 e. The van der Waals surface area contributed by atoms with Gasteiger partial charge in [-0.2, -0.15) is 0 Å². The molecule has 1 atom stereocenters. The second kappa shape index (κ2) is 5.71. The summed E-state index contributed by atoms with van der Waals surface area (Å²) in [6, 6.07) is 12.0. The monoisotopic (exact) mass is 271 g/mol. The van der Waals surface area contributed by atoms with Crippen LogP contribution in [0.3, 0.4) is 0 Å². The fourth-order valence-corrected chi connectivity index (χ4v) is 3.02. The number of aromatic nitrogens is 1. The molecule has 1 unspecified atom stereocenters. The van der Waals surface area contributed by atoms with E-state index in [-0.39, 0.29) is 6.10 Å². The molecule has 0 saturated carbocycles. The maximum atomic E-state index is 10.1. The van der Waals surface area contributed by atoms with Crippen LogP contribution in [0.1, 0.15) is 35.9 Å². The van der Waals surface area contributed by atoms with Crippen LogP contribution in [0, 0.1) is 6.92 Å². The molecule has 0 amide bonds. The topological polar surface area (TPSA) is 34.4 Å². The first kappa shape index (κ1) is 13.3. The molecule has 3 rings (SSSR count). The second-order valence-electron chi connectivity index (χ2n) is 5.41. The molecule has 106 valence electrons. The normalized spacial score (nSPS) is 17.8. The van der Waals surface area contributed by atoms with Crippen molar-refractivity contribution in [2.75, 3.05) is 6.61 Å². The minimum atomic E-state index is -0.284. The number of para-hydroxylation sites is 1. The van der Waals surface area contributed by atoms with Gasteiger partial charge in [-0.25, -0.2) is 0 Å². The van der Waals surface area contributed by atoms with Gasteiger partial charge < -0.3 is 14.4 Å². The third-order valence-electron chi connectivity index (χ3n) is 4.03. The third kappa shape index (κ3) is 2.59. The van der Waals surface area contributed by atoms with Gasteiger partial charge in [0, 0.05) is 17.0 Å². The molecular formula is C17H21NO2. The zero-order valence-corrected chi connectivity index (χ0v) is 11.9. The number of rotatable bonds is 4. The Bertz CT molecular complexity index is 574. The Balaban J connectivity index is 1.69. The van der Waals surface area contributed by atoms with Gasteiger partial charge in [0.15, 0.2) is 0 Å². The highest BCUT2D eigenvalue weighted by Gasteiger charge is 2.22. The first-order chi connectivity index (χ1) is 9.75. The molecule has 3 nitrogen and oxygen atoms in total. The Kier molecular flexibility index (Phi) is 3.79. The number of nitrogens with zero attached hydrogens (tertiary/aromatic N) is 1. The highest BCUT2D eigenvalue weighted by atomic mass is 16.5. The standard InChI is InChI=1S/C17H21NO2/c1-13-12-15-16(8-5-9-17(15)19)18(13)10-11-20-14-6-3-2-4-7-14/h2-4,6-7,12,17,19H,5,8-11H2,1H3. The number of aliphatic hydroxyl groups excluding tert-OH is 1. The molecule has 0 saturated heterocycles. The first-order valence-corrected chi connectivity index (χ1v) is 7.30. The Morgan fingerprint density at radius 3 is 2.90 bits per heavy atom. The summed E-state index contributed by atoms with van der Waals surface area (Å²) in [5.74, 6) is 0.909. The summed E-state index contributed by atoms with van der Waals surface area (Å²) in [7, 11) is 0. The molecule has 1 aliphatic carbocycles. The summed E-state index contributed by atoms with van der Waals surface area (Å²) in [6.07, 6.45) is 2.73. The Hall–Kier alpha value is -1.74. The summed E-state index contributed by atoms with van der Waals surface area (Å²) in [5.41, 5.74) is 3.62. The van der Waals surface area contributed by atoms with Crippen molar-refractivity contribution in [2.24, 2.45) is 0 Å². The van der Waals surface area contributed by atoms with Gasteiger partial charge in [-0.15, -0.1) is 0 Å². The van der Waals surface area contributed by atoms with Gasteiger partial charge in [-0.1, -0.05) is 18.2 Å². The highest BCUT2D eigenvalue weighted by molar-refractivity contribution is 5.31. The van der Waals surface area contributed by atoms with Crippen molar-refractivity contribution in [3.05, 3.63) is 53.3 Å². The van der Waals surface area contributed by atoms with Crippen LogP contribution in [0.4, 0.5) is 0 Å². The van der Waals surface area contributed by atoms with Crippen molar-refractivity contribution in [1.29, 1.82) is 0 Å². The van der Waals surface area contributed by atoms with E-state index in [1.165, 1.54) is 11.4 Å². The first-order valence-electron chi connectivity index (χ1n) is 7.30. The van der Waals surface area contributed by atoms with Crippen molar-refractivity contribution in [1.82, 2.24) is 4.57 Å². The SMILES string of the molecule is Cc1cc2c(n1CCOc1ccccc1)CCCC2O. The van der Waals surface area contributed by atoms with Gasteiger partial charge in [-0.05, 0) is 44.4 Å². The third-order valence-corrected chi connectivity index (χ3v) is 4.03. The van der Waals surface area contributed by atoms with E-state index in [0.29, 0.717) is 6.61 Å². The van der Waals surface area contributed by atoms with Gasteiger partial charge in [0.2, 0.25) is 0 Å². The molecule has 1 N–H and O–H groups in total. The van der Waals surface area contributed by atoms with Crippen molar-refractivity contribution < 1.29 is 9.84 Å². The highest BCUT2D eigenvalue weighted by Crippen LogP contribution is 2.32. The summed E-state index contributed by atoms with van der Waals surface area (Å²) >= 11 is 0. The maximum Gasteiger partial charge on any atom is 0.119 e. The lowest BCUT2D eigenvalue weighted by Gasteiger charge is -2.20. The molecule has 2 aromatic rings. The molecule has 0 fully saturated rings. The van der Waals surface area contributed by atoms with E-state index in [1.807, 2.05) is 30.3 Å². The molecule has 0 radical (unpaired) electrons. The predicted octanol–water partition coefficient (Wildman–Crippen LogP) is 3.25. The van der Waals surface area contributed by atoms with E-state index >= 15 is 0 Å². The lowest BCUT2D eigenvalue weighted by molar-refractivity contribution is 0.155. The summed E-state index contributed by atoms with van der Waals surface area (Å²) in [6.45, 7) is 3.60. The molecule has 20 heavy (non-hydrogen) atoms. The van der Waals surface area contributed by atoms with E-state index in [1.54, 1.807) is 0 Å². The van der Waals surface area contributed by atoms with Crippen molar-refractivity contribution in [3.63, 3.8) is 0 Å². The number of aliphatic hydroxyl groups is 1. The lowest BCUT2D eigenvalue weighted by atomic mass is 9.95. The molecule has 0 aliphatic heterocycles. The second-order valence-corrected chi connectivity index (χ2v) is 5.41. The molecular weight excluding hydrogens is 250 g/mol. The average molecular weight is 271 g/mol. The zero-order valence-electron chi connectivity index (χ0n) is 11.9. The van der Waals surface area contributed by atoms with Crippen LogP contribution in [0.25, 0.3) is 0 Å². The van der Waals surface area contributed by atoms with Crippen LogP contribution >= 0.6 is 0 Å². The van der Waals surface area contributed by atoms with Crippen LogP contribution in [-0.2, 0) is 13.0 Å². The number of benzene rings is 1. The quantitative estimate of drug-likeness (QED) is 0.926. The molecule has 1 heterocycles. The molecule has 1 aromatic heterocycles. The van der Waals surface area contributed by atoms with Crippen LogP contribution < -0.4 is 4.74 Å². The Morgan fingerprint density at radius 1 is 1.30 bits per heavy atom. The lowest BCUT2D eigenvalue weighted by Crippen LogP contribution is -2.16. The zero-order chi connectivity index (χ0) is 13.9. The van der Waals surface area contributed by atoms with Gasteiger partial charge in [-0.3, -0.25) is 0 Å². The predicted molar refractivity (Wildman–Crippen MR) is 79.0 cm³/mol. The number of ether oxygens (including phenoxy) is 1. The number of hydrogen-bond donors (Lipinski definition) is 1. The van der Waals surface area contributed by atoms with Gasteiger partial charge in [0.1, 0.15) is 12.4 Å². The number of hydrogen-bond acceptors (Lipinski definition) is 2. The van der Waals surface area contributed by atoms with Gasteiger partial charge in [0.05, 0.1) is 12.6 Å². The van der Waals surface area contributed by atoms with Crippen LogP contribution in [0.2, 0.25) is 0 Å². The molecule has 1 aliphatic rings. The van der Waals surface area contributed by atoms with E-state index in [2.05, 4.69) is 17.6 Å². The van der Waals surface area contributed by atoms with Crippen molar-refractivity contribution in [2.45, 2.75) is 38.8 Å².